The van der Waals surface area contributed by atoms with E-state index in [1.165, 1.54) is 0 Å². The summed E-state index contributed by atoms with van der Waals surface area (Å²) in [5, 5.41) is 0. The molecule has 0 heterocycles. The van der Waals surface area contributed by atoms with Crippen LogP contribution in [0.4, 0.5) is 0 Å². The highest BCUT2D eigenvalue weighted by atomic mass is 16.5. The predicted molar refractivity (Wildman–Crippen MR) is 267 cm³/mol. The van der Waals surface area contributed by atoms with Gasteiger partial charge in [-0.2, -0.15) is 0 Å². The number of ether oxygens (including phenoxy) is 1. The Kier molecular flexibility index (Phi) is 12.6. The highest BCUT2D eigenvalue weighted by molar-refractivity contribution is 6.19. The molecule has 6 rings (SSSR count). The van der Waals surface area contributed by atoms with Crippen molar-refractivity contribution in [2.45, 2.75) is 150 Å². The summed E-state index contributed by atoms with van der Waals surface area (Å²) < 4.78 is 8.31. The number of carbonyl (C=O) groups is 4. The first-order valence-corrected chi connectivity index (χ1v) is 23.0. The van der Waals surface area contributed by atoms with Crippen LogP contribution in [0.3, 0.4) is 0 Å². The Labute approximate surface area is 389 Å². The summed E-state index contributed by atoms with van der Waals surface area (Å²) in [5.74, 6) is -1.47. The van der Waals surface area contributed by atoms with Gasteiger partial charge in [-0.1, -0.05) is 94.1 Å². The monoisotopic (exact) mass is 871 g/mol. The van der Waals surface area contributed by atoms with Gasteiger partial charge in [-0.15, -0.1) is 0 Å². The van der Waals surface area contributed by atoms with Crippen molar-refractivity contribution in [3.05, 3.63) is 183 Å². The Balaban J connectivity index is 1.93. The number of benzene rings is 4. The van der Waals surface area contributed by atoms with Gasteiger partial charge in [0, 0.05) is 22.3 Å². The number of hydrogen-bond donors (Lipinski definition) is 0. The molecule has 0 aliphatic heterocycles. The summed E-state index contributed by atoms with van der Waals surface area (Å²) in [6, 6.07) is 15.9. The van der Waals surface area contributed by atoms with E-state index in [1.807, 2.05) is 199 Å². The third-order valence-corrected chi connectivity index (χ3v) is 15.6. The summed E-state index contributed by atoms with van der Waals surface area (Å²) >= 11 is 0. The van der Waals surface area contributed by atoms with Gasteiger partial charge in [0.1, 0.15) is 0 Å². The molecular weight excluding hydrogens is 801 g/mol. The van der Waals surface area contributed by atoms with Crippen molar-refractivity contribution in [1.29, 1.82) is 0 Å². The lowest BCUT2D eigenvalue weighted by molar-refractivity contribution is -0.142. The molecule has 0 amide bonds. The zero-order valence-electron chi connectivity index (χ0n) is 42.8. The van der Waals surface area contributed by atoms with Gasteiger partial charge in [-0.05, 0) is 205 Å². The molecular formula is C60H70O5. The highest BCUT2D eigenvalue weighted by Gasteiger charge is 2.72. The van der Waals surface area contributed by atoms with Crippen LogP contribution >= 0.6 is 0 Å². The SMILES string of the molecule is CC1=CC(C)=C(C)C(OC2(C(=O)c3c(C)cc(C)cc3C)C(C)=C(C)C=C(C)C2(C)C(=O)c2c(C)cc(C)cc2C)(C(=O)c2c(C)cc(C)cc2C)C1(C)C(=O)c1c(C)cc(C)cc1C. The molecule has 4 atom stereocenters. The normalized spacial score (nSPS) is 23.4. The lowest BCUT2D eigenvalue weighted by Crippen LogP contribution is -2.71. The number of aryl methyl sites for hydroxylation is 12. The van der Waals surface area contributed by atoms with Crippen LogP contribution in [0.25, 0.3) is 0 Å². The van der Waals surface area contributed by atoms with Crippen molar-refractivity contribution in [2.24, 2.45) is 10.8 Å². The molecule has 65 heavy (non-hydrogen) atoms. The Morgan fingerprint density at radius 3 is 0.754 bits per heavy atom. The maximum atomic E-state index is 17.0. The minimum Gasteiger partial charge on any atom is -0.340 e. The Bertz CT molecular complexity index is 2630. The standard InChI is InChI=1S/C60H70O5/c1-31-21-37(7)49(38(8)22-31)53(61)57(19)45(15)29-35(5)47(17)59(57,55(63)51-41(11)25-33(3)26-42(51)12)65-60(56(64)52-43(13)27-34(4)28-44(52)14)48(18)36(6)30-46(16)58(60,20)54(62)50-39(9)23-32(2)24-40(50)10/h21-30H,1-20H3. The van der Waals surface area contributed by atoms with E-state index in [9.17, 15) is 0 Å². The molecule has 0 radical (unpaired) electrons. The first-order chi connectivity index (χ1) is 30.0. The third-order valence-electron chi connectivity index (χ3n) is 15.6. The number of carbonyl (C=O) groups excluding carboxylic acids is 4. The van der Waals surface area contributed by atoms with E-state index < -0.39 is 33.6 Å². The van der Waals surface area contributed by atoms with Crippen LogP contribution in [-0.2, 0) is 4.74 Å². The van der Waals surface area contributed by atoms with Gasteiger partial charge in [0.15, 0.2) is 22.8 Å². The van der Waals surface area contributed by atoms with E-state index in [4.69, 9.17) is 4.74 Å². The molecule has 5 nitrogen and oxygen atoms in total. The second-order valence-corrected chi connectivity index (χ2v) is 20.4. The van der Waals surface area contributed by atoms with Crippen molar-refractivity contribution in [3.63, 3.8) is 0 Å². The zero-order chi connectivity index (χ0) is 48.8. The molecule has 2 aliphatic rings. The van der Waals surface area contributed by atoms with Crippen LogP contribution < -0.4 is 0 Å². The molecule has 2 aliphatic carbocycles. The first-order valence-electron chi connectivity index (χ1n) is 23.0. The molecule has 0 saturated carbocycles. The molecule has 340 valence electrons. The minimum absolute atomic E-state index is 0.297. The summed E-state index contributed by atoms with van der Waals surface area (Å²) in [6.07, 6.45) is 3.98. The fraction of sp³-hybridized carbons (Fsp3) is 0.400. The van der Waals surface area contributed by atoms with E-state index in [-0.39, 0.29) is 11.6 Å². The summed E-state index contributed by atoms with van der Waals surface area (Å²) in [4.78, 5) is 66.9. The van der Waals surface area contributed by atoms with Gasteiger partial charge >= 0.3 is 0 Å². The molecule has 4 unspecified atom stereocenters. The quantitative estimate of drug-likeness (QED) is 0.148. The molecule has 4 aromatic carbocycles. The van der Waals surface area contributed by atoms with Gasteiger partial charge < -0.3 is 4.74 Å². The average Bonchev–Trinajstić information content (AvgIpc) is 3.17. The fourth-order valence-corrected chi connectivity index (χ4v) is 12.2. The molecule has 5 heteroatoms. The molecule has 0 N–H and O–H groups in total. The lowest BCUT2D eigenvalue weighted by Gasteiger charge is -2.59. The maximum absolute atomic E-state index is 17.0. The minimum atomic E-state index is -2.19. The van der Waals surface area contributed by atoms with Crippen molar-refractivity contribution in [3.8, 4) is 0 Å². The Morgan fingerprint density at radius 1 is 0.338 bits per heavy atom. The van der Waals surface area contributed by atoms with E-state index in [1.54, 1.807) is 0 Å². The first kappa shape index (κ1) is 48.9. The van der Waals surface area contributed by atoms with Crippen LogP contribution in [0.2, 0.25) is 0 Å². The van der Waals surface area contributed by atoms with Crippen LogP contribution in [0, 0.1) is 93.9 Å². The lowest BCUT2D eigenvalue weighted by atomic mass is 9.52. The third kappa shape index (κ3) is 7.07. The van der Waals surface area contributed by atoms with Gasteiger partial charge in [-0.25, -0.2) is 0 Å². The molecule has 4 aromatic rings. The zero-order valence-corrected chi connectivity index (χ0v) is 42.8. The number of hydrogen-bond acceptors (Lipinski definition) is 5. The average molecular weight is 871 g/mol. The van der Waals surface area contributed by atoms with Crippen LogP contribution in [0.1, 0.15) is 164 Å². The molecule has 0 saturated heterocycles. The number of rotatable bonds is 10. The fourth-order valence-electron chi connectivity index (χ4n) is 12.2. The van der Waals surface area contributed by atoms with Crippen molar-refractivity contribution in [1.82, 2.24) is 0 Å². The summed E-state index contributed by atoms with van der Waals surface area (Å²) in [7, 11) is 0. The van der Waals surface area contributed by atoms with Crippen molar-refractivity contribution >= 4 is 23.1 Å². The second-order valence-electron chi connectivity index (χ2n) is 20.4. The van der Waals surface area contributed by atoms with E-state index in [2.05, 4.69) is 0 Å². The van der Waals surface area contributed by atoms with E-state index >= 15 is 19.2 Å². The number of ketones is 4. The smallest absolute Gasteiger partial charge is 0.200 e. The second kappa shape index (κ2) is 16.7. The van der Waals surface area contributed by atoms with Crippen LogP contribution in [-0.4, -0.2) is 34.3 Å². The molecule has 0 aromatic heterocycles. The van der Waals surface area contributed by atoms with Gasteiger partial charge in [0.2, 0.25) is 11.6 Å². The Hall–Kier alpha value is -5.52. The topological polar surface area (TPSA) is 77.5 Å². The predicted octanol–water partition coefficient (Wildman–Crippen LogP) is 14.3. The van der Waals surface area contributed by atoms with Gasteiger partial charge in [0.05, 0.1) is 10.8 Å². The van der Waals surface area contributed by atoms with E-state index in [0.717, 1.165) is 77.9 Å². The van der Waals surface area contributed by atoms with Gasteiger partial charge in [-0.3, -0.25) is 19.2 Å². The molecule has 0 fully saturated rings. The van der Waals surface area contributed by atoms with E-state index in [0.29, 0.717) is 44.5 Å². The largest absolute Gasteiger partial charge is 0.340 e. The van der Waals surface area contributed by atoms with Crippen molar-refractivity contribution < 1.29 is 23.9 Å². The van der Waals surface area contributed by atoms with Crippen molar-refractivity contribution in [2.75, 3.05) is 0 Å². The molecule has 0 spiro atoms. The maximum Gasteiger partial charge on any atom is 0.200 e. The number of Topliss-reactive ketones (excluding diaryl/α,β-unsaturated/α-hetero) is 4. The van der Waals surface area contributed by atoms with Crippen LogP contribution in [0.15, 0.2) is 94.1 Å². The number of allylic oxidation sites excluding steroid dienone is 4. The molecule has 0 bridgehead atoms. The summed E-state index contributed by atoms with van der Waals surface area (Å²) in [5.41, 5.74) is 7.67. The summed E-state index contributed by atoms with van der Waals surface area (Å²) in [6.45, 7) is 38.6. The van der Waals surface area contributed by atoms with Gasteiger partial charge in [0.25, 0.3) is 0 Å². The van der Waals surface area contributed by atoms with Crippen LogP contribution in [0.5, 0.6) is 0 Å². The highest BCUT2D eigenvalue weighted by Crippen LogP contribution is 2.62. The Morgan fingerprint density at radius 2 is 0.538 bits per heavy atom.